The fourth-order valence-corrected chi connectivity index (χ4v) is 3.98. The molecule has 30 heavy (non-hydrogen) atoms. The minimum Gasteiger partial charge on any atom is -0.492 e. The van der Waals surface area contributed by atoms with Gasteiger partial charge >= 0.3 is 6.03 Å². The molecule has 1 aliphatic heterocycles. The molecular formula is C21H28N6O3. The number of hydrogen-bond donors (Lipinski definition) is 2. The normalized spacial score (nSPS) is 16.8. The second-order valence-electron chi connectivity index (χ2n) is 7.72. The van der Waals surface area contributed by atoms with Crippen molar-refractivity contribution in [1.29, 1.82) is 0 Å². The van der Waals surface area contributed by atoms with Crippen molar-refractivity contribution >= 4 is 11.9 Å². The average molecular weight is 412 g/mol. The highest BCUT2D eigenvalue weighted by Crippen LogP contribution is 2.18. The summed E-state index contributed by atoms with van der Waals surface area (Å²) in [6, 6.07) is 9.54. The van der Waals surface area contributed by atoms with Crippen molar-refractivity contribution in [2.45, 2.75) is 51.2 Å². The third-order valence-electron chi connectivity index (χ3n) is 5.61. The number of amides is 3. The number of ether oxygens (including phenoxy) is 1. The Labute approximate surface area is 175 Å². The van der Waals surface area contributed by atoms with Crippen molar-refractivity contribution in [1.82, 2.24) is 30.5 Å². The number of rotatable bonds is 7. The molecule has 4 rings (SSSR count). The maximum atomic E-state index is 12.9. The quantitative estimate of drug-likeness (QED) is 0.724. The maximum absolute atomic E-state index is 12.9. The van der Waals surface area contributed by atoms with Crippen molar-refractivity contribution in [3.63, 3.8) is 0 Å². The largest absolute Gasteiger partial charge is 0.492 e. The van der Waals surface area contributed by atoms with Gasteiger partial charge in [-0.1, -0.05) is 42.7 Å². The van der Waals surface area contributed by atoms with Crippen LogP contribution in [0.15, 0.2) is 30.3 Å². The summed E-state index contributed by atoms with van der Waals surface area (Å²) in [6.07, 6.45) is 5.59. The Hall–Kier alpha value is -3.10. The molecule has 1 aromatic heterocycles. The van der Waals surface area contributed by atoms with Crippen LogP contribution in [0.5, 0.6) is 5.75 Å². The van der Waals surface area contributed by atoms with Crippen molar-refractivity contribution < 1.29 is 14.3 Å². The lowest BCUT2D eigenvalue weighted by Crippen LogP contribution is -2.44. The molecule has 2 N–H and O–H groups in total. The summed E-state index contributed by atoms with van der Waals surface area (Å²) >= 11 is 0. The molecule has 0 radical (unpaired) electrons. The minimum atomic E-state index is -0.222. The van der Waals surface area contributed by atoms with E-state index in [1.807, 2.05) is 30.3 Å². The van der Waals surface area contributed by atoms with Crippen molar-refractivity contribution in [2.24, 2.45) is 0 Å². The summed E-state index contributed by atoms with van der Waals surface area (Å²) < 4.78 is 7.33. The van der Waals surface area contributed by atoms with E-state index < -0.39 is 0 Å². The fraction of sp³-hybridized carbons (Fsp3) is 0.524. The van der Waals surface area contributed by atoms with Gasteiger partial charge in [0.15, 0.2) is 5.69 Å². The number of benzene rings is 1. The Bertz CT molecular complexity index is 863. The second kappa shape index (κ2) is 9.60. The number of aromatic nitrogens is 3. The zero-order valence-electron chi connectivity index (χ0n) is 17.0. The number of nitrogens with zero attached hydrogens (tertiary/aromatic N) is 4. The van der Waals surface area contributed by atoms with E-state index in [2.05, 4.69) is 20.9 Å². The van der Waals surface area contributed by atoms with E-state index in [0.29, 0.717) is 37.6 Å². The molecule has 2 heterocycles. The predicted octanol–water partition coefficient (Wildman–Crippen LogP) is 1.94. The van der Waals surface area contributed by atoms with E-state index in [1.165, 1.54) is 6.42 Å². The Morgan fingerprint density at radius 3 is 2.73 bits per heavy atom. The van der Waals surface area contributed by atoms with Gasteiger partial charge in [0.25, 0.3) is 5.91 Å². The SMILES string of the molecule is O=C(NCc1nnn2c1C(=O)N(CCOc1ccccc1)CC2)NC1CCCCC1. The summed E-state index contributed by atoms with van der Waals surface area (Å²) in [6.45, 7) is 2.20. The molecule has 160 valence electrons. The Kier molecular flexibility index (Phi) is 6.46. The molecule has 0 atom stereocenters. The third-order valence-corrected chi connectivity index (χ3v) is 5.61. The number of fused-ring (bicyclic) bond motifs is 1. The molecule has 9 nitrogen and oxygen atoms in total. The number of nitrogens with one attached hydrogen (secondary N) is 2. The van der Waals surface area contributed by atoms with Gasteiger partial charge in [0, 0.05) is 12.6 Å². The number of urea groups is 1. The monoisotopic (exact) mass is 412 g/mol. The summed E-state index contributed by atoms with van der Waals surface area (Å²) in [5, 5.41) is 14.0. The van der Waals surface area contributed by atoms with Gasteiger partial charge in [-0.25, -0.2) is 9.48 Å². The maximum Gasteiger partial charge on any atom is 0.315 e. The molecule has 0 bridgehead atoms. The molecule has 1 saturated carbocycles. The van der Waals surface area contributed by atoms with Crippen LogP contribution in [0.4, 0.5) is 4.79 Å². The van der Waals surface area contributed by atoms with Crippen molar-refractivity contribution in [3.05, 3.63) is 41.7 Å². The second-order valence-corrected chi connectivity index (χ2v) is 7.72. The van der Waals surface area contributed by atoms with Crippen molar-refractivity contribution in [2.75, 3.05) is 19.7 Å². The van der Waals surface area contributed by atoms with Crippen LogP contribution in [-0.4, -0.2) is 57.6 Å². The zero-order valence-corrected chi connectivity index (χ0v) is 17.0. The molecule has 3 amide bonds. The molecule has 1 aromatic carbocycles. The first-order valence-electron chi connectivity index (χ1n) is 10.6. The third kappa shape index (κ3) is 4.90. The van der Waals surface area contributed by atoms with Crippen LogP contribution < -0.4 is 15.4 Å². The molecule has 0 unspecified atom stereocenters. The molecule has 2 aromatic rings. The summed E-state index contributed by atoms with van der Waals surface area (Å²) in [7, 11) is 0. The van der Waals surface area contributed by atoms with Crippen molar-refractivity contribution in [3.8, 4) is 5.75 Å². The van der Waals surface area contributed by atoms with E-state index in [-0.39, 0.29) is 24.5 Å². The first-order valence-corrected chi connectivity index (χ1v) is 10.6. The van der Waals surface area contributed by atoms with Gasteiger partial charge in [0.2, 0.25) is 0 Å². The smallest absolute Gasteiger partial charge is 0.315 e. The zero-order chi connectivity index (χ0) is 20.8. The number of carbonyl (C=O) groups excluding carboxylic acids is 2. The Morgan fingerprint density at radius 2 is 1.93 bits per heavy atom. The summed E-state index contributed by atoms with van der Waals surface area (Å²) in [5.74, 6) is 0.648. The first-order chi connectivity index (χ1) is 14.7. The van der Waals surface area contributed by atoms with E-state index >= 15 is 0 Å². The van der Waals surface area contributed by atoms with Crippen LogP contribution >= 0.6 is 0 Å². The van der Waals surface area contributed by atoms with Gasteiger partial charge in [0.05, 0.1) is 19.6 Å². The molecular weight excluding hydrogens is 384 g/mol. The number of carbonyl (C=O) groups is 2. The van der Waals surface area contributed by atoms with Gasteiger partial charge in [-0.15, -0.1) is 5.10 Å². The van der Waals surface area contributed by atoms with E-state index in [1.54, 1.807) is 9.58 Å². The van der Waals surface area contributed by atoms with Gasteiger partial charge in [-0.2, -0.15) is 0 Å². The van der Waals surface area contributed by atoms with E-state index in [0.717, 1.165) is 31.4 Å². The summed E-state index contributed by atoms with van der Waals surface area (Å²) in [4.78, 5) is 26.9. The lowest BCUT2D eigenvalue weighted by molar-refractivity contribution is 0.0668. The van der Waals surface area contributed by atoms with Crippen LogP contribution in [-0.2, 0) is 13.1 Å². The molecule has 0 saturated heterocycles. The fourth-order valence-electron chi connectivity index (χ4n) is 3.98. The highest BCUT2D eigenvalue weighted by atomic mass is 16.5. The molecule has 1 fully saturated rings. The highest BCUT2D eigenvalue weighted by Gasteiger charge is 2.29. The van der Waals surface area contributed by atoms with Crippen LogP contribution in [0.2, 0.25) is 0 Å². The molecule has 9 heteroatoms. The molecule has 1 aliphatic carbocycles. The average Bonchev–Trinajstić information content (AvgIpc) is 3.19. The minimum absolute atomic E-state index is 0.132. The van der Waals surface area contributed by atoms with Gasteiger partial charge in [-0.3, -0.25) is 4.79 Å². The van der Waals surface area contributed by atoms with Crippen LogP contribution in [0, 0.1) is 0 Å². The predicted molar refractivity (Wildman–Crippen MR) is 110 cm³/mol. The topological polar surface area (TPSA) is 101 Å². The van der Waals surface area contributed by atoms with Crippen LogP contribution in [0.1, 0.15) is 48.3 Å². The highest BCUT2D eigenvalue weighted by molar-refractivity contribution is 5.94. The Balaban J connectivity index is 1.29. The Morgan fingerprint density at radius 1 is 1.13 bits per heavy atom. The number of para-hydroxylation sites is 1. The number of hydrogen-bond acceptors (Lipinski definition) is 5. The van der Waals surface area contributed by atoms with Crippen LogP contribution in [0.25, 0.3) is 0 Å². The van der Waals surface area contributed by atoms with Gasteiger partial charge in [-0.05, 0) is 25.0 Å². The van der Waals surface area contributed by atoms with Gasteiger partial charge in [0.1, 0.15) is 18.1 Å². The molecule has 2 aliphatic rings. The first kappa shape index (κ1) is 20.2. The lowest BCUT2D eigenvalue weighted by Gasteiger charge is -2.27. The van der Waals surface area contributed by atoms with Gasteiger partial charge < -0.3 is 20.3 Å². The van der Waals surface area contributed by atoms with Crippen LogP contribution in [0.3, 0.4) is 0 Å². The lowest BCUT2D eigenvalue weighted by atomic mass is 9.96. The standard InChI is InChI=1S/C21H28N6O3/c28-20-19-18(15-22-21(29)23-16-7-3-1-4-8-16)24-25-27(19)12-11-26(20)13-14-30-17-9-5-2-6-10-17/h2,5-6,9-10,16H,1,3-4,7-8,11-15H2,(H2,22,23,29). The summed E-state index contributed by atoms with van der Waals surface area (Å²) in [5.41, 5.74) is 0.936. The molecule has 0 spiro atoms. The van der Waals surface area contributed by atoms with E-state index in [9.17, 15) is 9.59 Å². The van der Waals surface area contributed by atoms with E-state index in [4.69, 9.17) is 4.74 Å².